The fourth-order valence-corrected chi connectivity index (χ4v) is 1.18. The van der Waals surface area contributed by atoms with Crippen LogP contribution in [0.5, 0.6) is 0 Å². The van der Waals surface area contributed by atoms with Crippen molar-refractivity contribution in [2.75, 3.05) is 0 Å². The fourth-order valence-electron chi connectivity index (χ4n) is 1.18. The predicted octanol–water partition coefficient (Wildman–Crippen LogP) is 1.00. The summed E-state index contributed by atoms with van der Waals surface area (Å²) in [6.07, 6.45) is 1.66. The molecule has 0 atom stereocenters. The highest BCUT2D eigenvalue weighted by atomic mass is 16.4. The van der Waals surface area contributed by atoms with Gasteiger partial charge < -0.3 is 16.6 Å². The van der Waals surface area contributed by atoms with Crippen molar-refractivity contribution in [2.45, 2.75) is 20.8 Å². The second-order valence-electron chi connectivity index (χ2n) is 3.59. The highest BCUT2D eigenvalue weighted by Crippen LogP contribution is 2.10. The van der Waals surface area contributed by atoms with E-state index >= 15 is 0 Å². The molecule has 0 amide bonds. The molecule has 0 bridgehead atoms. The summed E-state index contributed by atoms with van der Waals surface area (Å²) in [5, 5.41) is 14.7. The Morgan fingerprint density at radius 3 is 2.11 bits per heavy atom. The van der Waals surface area contributed by atoms with Crippen molar-refractivity contribution in [3.8, 4) is 0 Å². The number of carboxylic acids is 1. The molecule has 0 aliphatic rings. The first-order valence-corrected chi connectivity index (χ1v) is 5.22. The Bertz CT molecular complexity index is 439. The largest absolute Gasteiger partial charge is 0.481 e. The van der Waals surface area contributed by atoms with Gasteiger partial charge in [0.05, 0.1) is 6.21 Å². The van der Waals surface area contributed by atoms with Crippen molar-refractivity contribution in [3.05, 3.63) is 34.9 Å². The van der Waals surface area contributed by atoms with Gasteiger partial charge in [0.15, 0.2) is 0 Å². The number of carbonyl (C=O) groups is 1. The van der Waals surface area contributed by atoms with Crippen molar-refractivity contribution >= 4 is 18.1 Å². The van der Waals surface area contributed by atoms with E-state index in [1.54, 1.807) is 6.21 Å². The number of nitrogens with two attached hydrogens (primary N) is 2. The number of nitrogens with zero attached hydrogens (tertiary/aromatic N) is 2. The first-order valence-electron chi connectivity index (χ1n) is 5.22. The molecule has 1 rings (SSSR count). The fraction of sp³-hybridized carbons (Fsp3) is 0.250. The average Bonchev–Trinajstić information content (AvgIpc) is 2.21. The third-order valence-electron chi connectivity index (χ3n) is 1.90. The zero-order valence-electron chi connectivity index (χ0n) is 10.7. The van der Waals surface area contributed by atoms with E-state index in [0.717, 1.165) is 23.6 Å². The van der Waals surface area contributed by atoms with Crippen LogP contribution >= 0.6 is 0 Å². The topological polar surface area (TPSA) is 114 Å². The van der Waals surface area contributed by atoms with Crippen molar-refractivity contribution in [1.29, 1.82) is 0 Å². The SMILES string of the molecule is CC(=O)O.Cc1cccc(C)c1C=NN=C(N)N. The number of hydrogen-bond donors (Lipinski definition) is 3. The van der Waals surface area contributed by atoms with Crippen LogP contribution in [0.25, 0.3) is 0 Å². The van der Waals surface area contributed by atoms with Gasteiger partial charge in [0.1, 0.15) is 0 Å². The molecule has 0 spiro atoms. The van der Waals surface area contributed by atoms with Crippen molar-refractivity contribution in [1.82, 2.24) is 0 Å². The van der Waals surface area contributed by atoms with Gasteiger partial charge in [0.25, 0.3) is 5.97 Å². The molecule has 0 unspecified atom stereocenters. The van der Waals surface area contributed by atoms with Gasteiger partial charge in [-0.1, -0.05) is 18.2 Å². The summed E-state index contributed by atoms with van der Waals surface area (Å²) >= 11 is 0. The molecule has 18 heavy (non-hydrogen) atoms. The van der Waals surface area contributed by atoms with E-state index in [4.69, 9.17) is 21.4 Å². The lowest BCUT2D eigenvalue weighted by Gasteiger charge is -2.02. The maximum Gasteiger partial charge on any atom is 0.300 e. The quantitative estimate of drug-likeness (QED) is 0.412. The Morgan fingerprint density at radius 2 is 1.72 bits per heavy atom. The van der Waals surface area contributed by atoms with Crippen LogP contribution in [0, 0.1) is 13.8 Å². The Labute approximate surface area is 106 Å². The molecule has 0 aliphatic heterocycles. The minimum Gasteiger partial charge on any atom is -0.481 e. The highest BCUT2D eigenvalue weighted by Gasteiger charge is 1.97. The van der Waals surface area contributed by atoms with E-state index < -0.39 is 5.97 Å². The number of benzene rings is 1. The van der Waals surface area contributed by atoms with Crippen LogP contribution in [-0.2, 0) is 4.79 Å². The lowest BCUT2D eigenvalue weighted by atomic mass is 10.0. The van der Waals surface area contributed by atoms with Gasteiger partial charge >= 0.3 is 0 Å². The van der Waals surface area contributed by atoms with E-state index in [9.17, 15) is 0 Å². The maximum absolute atomic E-state index is 9.00. The van der Waals surface area contributed by atoms with E-state index in [1.807, 2.05) is 32.0 Å². The molecule has 0 saturated carbocycles. The van der Waals surface area contributed by atoms with Crippen LogP contribution in [-0.4, -0.2) is 23.2 Å². The smallest absolute Gasteiger partial charge is 0.300 e. The molecule has 1 aromatic rings. The highest BCUT2D eigenvalue weighted by molar-refractivity contribution is 5.84. The van der Waals surface area contributed by atoms with Gasteiger partial charge in [-0.25, -0.2) is 0 Å². The zero-order valence-corrected chi connectivity index (χ0v) is 10.7. The first kappa shape index (κ1) is 15.6. The summed E-state index contributed by atoms with van der Waals surface area (Å²) in [5.41, 5.74) is 13.7. The average molecular weight is 250 g/mol. The van der Waals surface area contributed by atoms with Crippen LogP contribution in [0.2, 0.25) is 0 Å². The van der Waals surface area contributed by atoms with Crippen LogP contribution in [0.1, 0.15) is 23.6 Å². The molecule has 5 N–H and O–H groups in total. The first-order chi connectivity index (χ1) is 8.34. The standard InChI is InChI=1S/C10H14N4.C2H4O2/c1-7-4-3-5-8(2)9(7)6-13-14-10(11)12;1-2(3)4/h3-6H,1-2H3,(H4,11,12,14);1H3,(H,3,4). The number of hydrogen-bond acceptors (Lipinski definition) is 3. The summed E-state index contributed by atoms with van der Waals surface area (Å²) < 4.78 is 0. The second kappa shape index (κ2) is 7.83. The number of aryl methyl sites for hydroxylation is 2. The van der Waals surface area contributed by atoms with Gasteiger partial charge in [0.2, 0.25) is 5.96 Å². The summed E-state index contributed by atoms with van der Waals surface area (Å²) in [7, 11) is 0. The lowest BCUT2D eigenvalue weighted by molar-refractivity contribution is -0.134. The number of carboxylic acid groups (broad SMARTS) is 1. The maximum atomic E-state index is 9.00. The van der Waals surface area contributed by atoms with Gasteiger partial charge in [-0.15, -0.1) is 5.10 Å². The normalized spacial score (nSPS) is 9.50. The molecular formula is C12H18N4O2. The summed E-state index contributed by atoms with van der Waals surface area (Å²) in [6, 6.07) is 6.04. The van der Waals surface area contributed by atoms with Crippen LogP contribution in [0.4, 0.5) is 0 Å². The molecule has 1 aromatic carbocycles. The minimum absolute atomic E-state index is 0.0347. The summed E-state index contributed by atoms with van der Waals surface area (Å²) in [5.74, 6) is -0.868. The molecule has 6 heteroatoms. The molecule has 6 nitrogen and oxygen atoms in total. The molecular weight excluding hydrogens is 232 g/mol. The molecule has 0 heterocycles. The van der Waals surface area contributed by atoms with E-state index in [0.29, 0.717) is 0 Å². The van der Waals surface area contributed by atoms with Gasteiger partial charge in [-0.05, 0) is 25.0 Å². The molecule has 98 valence electrons. The van der Waals surface area contributed by atoms with E-state index in [-0.39, 0.29) is 5.96 Å². The number of aliphatic carboxylic acids is 1. The predicted molar refractivity (Wildman–Crippen MR) is 72.6 cm³/mol. The Kier molecular flexibility index (Phi) is 6.80. The number of rotatable bonds is 2. The molecule has 0 aromatic heterocycles. The zero-order chi connectivity index (χ0) is 14.1. The minimum atomic E-state index is -0.833. The van der Waals surface area contributed by atoms with Crippen molar-refractivity contribution < 1.29 is 9.90 Å². The summed E-state index contributed by atoms with van der Waals surface area (Å²) in [6.45, 7) is 5.12. The van der Waals surface area contributed by atoms with E-state index in [1.165, 1.54) is 0 Å². The monoisotopic (exact) mass is 250 g/mol. The van der Waals surface area contributed by atoms with Crippen LogP contribution < -0.4 is 11.5 Å². The lowest BCUT2D eigenvalue weighted by Crippen LogP contribution is -2.21. The molecule has 0 radical (unpaired) electrons. The Morgan fingerprint density at radius 1 is 1.28 bits per heavy atom. The molecule has 0 fully saturated rings. The van der Waals surface area contributed by atoms with E-state index in [2.05, 4.69) is 10.2 Å². The Balaban J connectivity index is 0.000000631. The van der Waals surface area contributed by atoms with Crippen molar-refractivity contribution in [3.63, 3.8) is 0 Å². The van der Waals surface area contributed by atoms with Crippen LogP contribution in [0.15, 0.2) is 28.4 Å². The van der Waals surface area contributed by atoms with Gasteiger partial charge in [-0.2, -0.15) is 5.10 Å². The second-order valence-corrected chi connectivity index (χ2v) is 3.59. The Hall–Kier alpha value is -2.37. The molecule has 0 saturated heterocycles. The third-order valence-corrected chi connectivity index (χ3v) is 1.90. The number of guanidine groups is 1. The third kappa shape index (κ3) is 7.00. The van der Waals surface area contributed by atoms with Gasteiger partial charge in [-0.3, -0.25) is 4.79 Å². The molecule has 0 aliphatic carbocycles. The van der Waals surface area contributed by atoms with Crippen molar-refractivity contribution in [2.24, 2.45) is 21.7 Å². The summed E-state index contributed by atoms with van der Waals surface area (Å²) in [4.78, 5) is 9.00. The van der Waals surface area contributed by atoms with Crippen LogP contribution in [0.3, 0.4) is 0 Å². The van der Waals surface area contributed by atoms with Gasteiger partial charge in [0, 0.05) is 12.5 Å².